The number of hydrogen-bond donors (Lipinski definition) is 1. The highest BCUT2D eigenvalue weighted by Crippen LogP contribution is 2.41. The predicted molar refractivity (Wildman–Crippen MR) is 54.8 cm³/mol. The van der Waals surface area contributed by atoms with Gasteiger partial charge in [0.2, 0.25) is 5.91 Å². The minimum absolute atomic E-state index is 0.214. The topological polar surface area (TPSA) is 40.5 Å². The van der Waals surface area contributed by atoms with Gasteiger partial charge in [-0.05, 0) is 24.1 Å². The molecular formula is C11H10F3NO2. The first-order chi connectivity index (χ1) is 7.80. The molecule has 6 heteroatoms. The van der Waals surface area contributed by atoms with Gasteiger partial charge in [-0.25, -0.2) is 0 Å². The van der Waals surface area contributed by atoms with Gasteiger partial charge in [-0.15, -0.1) is 0 Å². The molecule has 0 atom stereocenters. The fourth-order valence-corrected chi connectivity index (χ4v) is 1.90. The zero-order chi connectivity index (χ0) is 12.8. The van der Waals surface area contributed by atoms with Gasteiger partial charge in [-0.3, -0.25) is 4.79 Å². The van der Waals surface area contributed by atoms with Gasteiger partial charge in [0, 0.05) is 19.2 Å². The first-order valence-corrected chi connectivity index (χ1v) is 5.00. The Hall–Kier alpha value is -1.72. The standard InChI is InChI=1S/C11H10F3NO2/c1-15-8-5-7(11(12,13)14)9(16)4-6(8)2-3-10(15)17/h4-5,16H,2-3H2,1H3. The molecule has 1 N–H and O–H groups in total. The summed E-state index contributed by atoms with van der Waals surface area (Å²) in [6, 6.07) is 1.91. The highest BCUT2D eigenvalue weighted by atomic mass is 19.4. The summed E-state index contributed by atoms with van der Waals surface area (Å²) in [5.74, 6) is -1.02. The number of phenolic OH excluding ortho intramolecular Hbond substituents is 1. The number of alkyl halides is 3. The molecule has 0 aliphatic carbocycles. The van der Waals surface area contributed by atoms with Gasteiger partial charge in [0.05, 0.1) is 5.56 Å². The van der Waals surface area contributed by atoms with E-state index in [4.69, 9.17) is 0 Å². The molecule has 0 saturated carbocycles. The highest BCUT2D eigenvalue weighted by molar-refractivity contribution is 5.96. The second-order valence-corrected chi connectivity index (χ2v) is 3.95. The third kappa shape index (κ3) is 1.94. The van der Waals surface area contributed by atoms with Crippen LogP contribution in [0.3, 0.4) is 0 Å². The summed E-state index contributed by atoms with van der Waals surface area (Å²) in [4.78, 5) is 12.6. The maximum atomic E-state index is 12.6. The molecule has 1 aliphatic heterocycles. The van der Waals surface area contributed by atoms with E-state index in [1.165, 1.54) is 11.9 Å². The third-order valence-electron chi connectivity index (χ3n) is 2.85. The van der Waals surface area contributed by atoms with Gasteiger partial charge in [0.1, 0.15) is 5.75 Å². The first kappa shape index (κ1) is 11.8. The maximum Gasteiger partial charge on any atom is 0.420 e. The monoisotopic (exact) mass is 245 g/mol. The van der Waals surface area contributed by atoms with Crippen LogP contribution in [0.15, 0.2) is 12.1 Å². The fourth-order valence-electron chi connectivity index (χ4n) is 1.90. The Balaban J connectivity index is 2.58. The van der Waals surface area contributed by atoms with Crippen molar-refractivity contribution in [1.29, 1.82) is 0 Å². The van der Waals surface area contributed by atoms with E-state index in [2.05, 4.69) is 0 Å². The summed E-state index contributed by atoms with van der Waals surface area (Å²) in [5.41, 5.74) is -0.346. The van der Waals surface area contributed by atoms with E-state index in [-0.39, 0.29) is 18.0 Å². The van der Waals surface area contributed by atoms with Crippen LogP contribution < -0.4 is 4.90 Å². The van der Waals surface area contributed by atoms with Gasteiger partial charge in [-0.1, -0.05) is 0 Å². The number of carbonyl (C=O) groups excluding carboxylic acids is 1. The Morgan fingerprint density at radius 1 is 1.29 bits per heavy atom. The third-order valence-corrected chi connectivity index (χ3v) is 2.85. The molecule has 3 nitrogen and oxygen atoms in total. The maximum absolute atomic E-state index is 12.6. The Kier molecular flexibility index (Phi) is 2.52. The molecule has 1 aromatic carbocycles. The molecule has 1 heterocycles. The van der Waals surface area contributed by atoms with E-state index in [9.17, 15) is 23.1 Å². The number of carbonyl (C=O) groups is 1. The molecule has 1 aromatic rings. The average Bonchev–Trinajstić information content (AvgIpc) is 2.21. The van der Waals surface area contributed by atoms with Crippen LogP contribution in [0.25, 0.3) is 0 Å². The minimum atomic E-state index is -4.62. The molecule has 17 heavy (non-hydrogen) atoms. The second-order valence-electron chi connectivity index (χ2n) is 3.95. The lowest BCUT2D eigenvalue weighted by Crippen LogP contribution is -2.31. The van der Waals surface area contributed by atoms with Crippen LogP contribution in [0.2, 0.25) is 0 Å². The molecule has 0 saturated heterocycles. The minimum Gasteiger partial charge on any atom is -0.507 e. The van der Waals surface area contributed by atoms with Crippen molar-refractivity contribution in [3.8, 4) is 5.75 Å². The van der Waals surface area contributed by atoms with Crippen molar-refractivity contribution in [2.45, 2.75) is 19.0 Å². The summed E-state index contributed by atoms with van der Waals surface area (Å²) in [6.07, 6.45) is -4.03. The van der Waals surface area contributed by atoms with Gasteiger partial charge in [0.15, 0.2) is 0 Å². The Bertz CT molecular complexity index is 482. The summed E-state index contributed by atoms with van der Waals surface area (Å²) in [5, 5.41) is 9.33. The first-order valence-electron chi connectivity index (χ1n) is 5.00. The Labute approximate surface area is 95.5 Å². The molecule has 0 bridgehead atoms. The number of aryl methyl sites for hydroxylation is 1. The quantitative estimate of drug-likeness (QED) is 0.762. The molecule has 1 amide bonds. The van der Waals surface area contributed by atoms with Crippen LogP contribution in [0.5, 0.6) is 5.75 Å². The van der Waals surface area contributed by atoms with Crippen molar-refractivity contribution >= 4 is 11.6 Å². The van der Waals surface area contributed by atoms with Crippen LogP contribution in [-0.2, 0) is 17.4 Å². The molecular weight excluding hydrogens is 235 g/mol. The van der Waals surface area contributed by atoms with Gasteiger partial charge in [-0.2, -0.15) is 13.2 Å². The van der Waals surface area contributed by atoms with Gasteiger partial charge in [0.25, 0.3) is 0 Å². The number of phenols is 1. The molecule has 92 valence electrons. The number of aromatic hydroxyl groups is 1. The van der Waals surface area contributed by atoms with Gasteiger partial charge >= 0.3 is 6.18 Å². The van der Waals surface area contributed by atoms with E-state index in [0.717, 1.165) is 12.1 Å². The number of benzene rings is 1. The number of nitrogens with zero attached hydrogens (tertiary/aromatic N) is 1. The largest absolute Gasteiger partial charge is 0.507 e. The summed E-state index contributed by atoms with van der Waals surface area (Å²) >= 11 is 0. The van der Waals surface area contributed by atoms with Gasteiger partial charge < -0.3 is 10.0 Å². The van der Waals surface area contributed by atoms with Crippen molar-refractivity contribution in [1.82, 2.24) is 0 Å². The van der Waals surface area contributed by atoms with E-state index in [0.29, 0.717) is 12.0 Å². The van der Waals surface area contributed by atoms with Crippen molar-refractivity contribution in [3.05, 3.63) is 23.3 Å². The molecule has 2 rings (SSSR count). The SMILES string of the molecule is CN1C(=O)CCc2cc(O)c(C(F)(F)F)cc21. The lowest BCUT2D eigenvalue weighted by molar-refractivity contribution is -0.138. The summed E-state index contributed by atoms with van der Waals surface area (Å²) in [7, 11) is 1.43. The number of anilines is 1. The van der Waals surface area contributed by atoms with E-state index >= 15 is 0 Å². The number of hydrogen-bond acceptors (Lipinski definition) is 2. The molecule has 0 unspecified atom stereocenters. The lowest BCUT2D eigenvalue weighted by atomic mass is 9.98. The molecule has 1 aliphatic rings. The second kappa shape index (κ2) is 3.65. The van der Waals surface area contributed by atoms with Crippen LogP contribution in [0.1, 0.15) is 17.5 Å². The predicted octanol–water partition coefficient (Wildman–Crippen LogP) is 2.32. The lowest BCUT2D eigenvalue weighted by Gasteiger charge is -2.27. The molecule has 0 radical (unpaired) electrons. The van der Waals surface area contributed by atoms with Crippen molar-refractivity contribution in [2.24, 2.45) is 0 Å². The number of halogens is 3. The van der Waals surface area contributed by atoms with E-state index in [1.54, 1.807) is 0 Å². The Morgan fingerprint density at radius 3 is 2.53 bits per heavy atom. The molecule has 0 aromatic heterocycles. The Morgan fingerprint density at radius 2 is 1.94 bits per heavy atom. The smallest absolute Gasteiger partial charge is 0.420 e. The van der Waals surface area contributed by atoms with Crippen LogP contribution in [0.4, 0.5) is 18.9 Å². The zero-order valence-corrected chi connectivity index (χ0v) is 9.01. The summed E-state index contributed by atoms with van der Waals surface area (Å²) in [6.45, 7) is 0. The summed E-state index contributed by atoms with van der Waals surface area (Å²) < 4.78 is 37.7. The number of rotatable bonds is 0. The molecule has 0 fully saturated rings. The van der Waals surface area contributed by atoms with E-state index in [1.807, 2.05) is 0 Å². The van der Waals surface area contributed by atoms with Crippen molar-refractivity contribution in [2.75, 3.05) is 11.9 Å². The van der Waals surface area contributed by atoms with Crippen molar-refractivity contribution < 1.29 is 23.1 Å². The molecule has 0 spiro atoms. The van der Waals surface area contributed by atoms with Crippen LogP contribution >= 0.6 is 0 Å². The number of fused-ring (bicyclic) bond motifs is 1. The average molecular weight is 245 g/mol. The van der Waals surface area contributed by atoms with Crippen LogP contribution in [-0.4, -0.2) is 18.1 Å². The zero-order valence-electron chi connectivity index (χ0n) is 9.01. The fraction of sp³-hybridized carbons (Fsp3) is 0.364. The van der Waals surface area contributed by atoms with Crippen molar-refractivity contribution in [3.63, 3.8) is 0 Å². The normalized spacial score (nSPS) is 16.0. The highest BCUT2D eigenvalue weighted by Gasteiger charge is 2.36. The van der Waals surface area contributed by atoms with E-state index < -0.39 is 17.5 Å². The number of amides is 1. The van der Waals surface area contributed by atoms with Crippen LogP contribution in [0, 0.1) is 0 Å².